The molecule has 0 unspecified atom stereocenters. The van der Waals surface area contributed by atoms with E-state index in [9.17, 15) is 4.79 Å². The summed E-state index contributed by atoms with van der Waals surface area (Å²) in [7, 11) is 0. The molecule has 1 fully saturated rings. The smallest absolute Gasteiger partial charge is 0.251 e. The van der Waals surface area contributed by atoms with Crippen LogP contribution >= 0.6 is 23.2 Å². The lowest BCUT2D eigenvalue weighted by atomic mass is 10.0. The average Bonchev–Trinajstić information content (AvgIpc) is 3.36. The number of hydrogen-bond donors (Lipinski definition) is 2. The van der Waals surface area contributed by atoms with Crippen LogP contribution in [0.4, 0.5) is 5.82 Å². The van der Waals surface area contributed by atoms with Gasteiger partial charge in [-0.1, -0.05) is 41.4 Å². The van der Waals surface area contributed by atoms with E-state index in [4.69, 9.17) is 33.7 Å². The highest BCUT2D eigenvalue weighted by Crippen LogP contribution is 2.29. The number of hydrogen-bond acceptors (Lipinski definition) is 5. The van der Waals surface area contributed by atoms with E-state index in [0.717, 1.165) is 36.3 Å². The molecule has 0 atom stereocenters. The van der Waals surface area contributed by atoms with E-state index in [1.807, 2.05) is 36.4 Å². The lowest BCUT2D eigenvalue weighted by molar-refractivity contribution is 0.0950. The van der Waals surface area contributed by atoms with Crippen molar-refractivity contribution in [2.75, 3.05) is 38.5 Å². The van der Waals surface area contributed by atoms with Crippen LogP contribution in [-0.4, -0.2) is 48.6 Å². The molecule has 178 valence electrons. The molecule has 1 aromatic heterocycles. The van der Waals surface area contributed by atoms with Crippen LogP contribution < -0.4 is 15.8 Å². The second-order valence-electron chi connectivity index (χ2n) is 8.29. The fourth-order valence-electron chi connectivity index (χ4n) is 4.04. The first-order valence-corrected chi connectivity index (χ1v) is 12.2. The number of benzene rings is 2. The number of nitrogen functional groups attached to an aromatic ring is 1. The molecule has 2 aromatic carbocycles. The molecule has 1 aliphatic heterocycles. The summed E-state index contributed by atoms with van der Waals surface area (Å²) in [6, 6.07) is 14.7. The number of nitrogens with one attached hydrogen (secondary N) is 1. The van der Waals surface area contributed by atoms with Gasteiger partial charge in [-0.05, 0) is 67.4 Å². The molecular weight excluding hydrogens is 471 g/mol. The van der Waals surface area contributed by atoms with Gasteiger partial charge in [0.25, 0.3) is 5.91 Å². The standard InChI is InChI=1S/C26H28Cl2N4O2/c27-22-7-4-8-23(28)21(22)9-14-34-24-16-20(17-31-25(24)29)18-5-3-6-19(15-18)26(33)30-10-13-32-11-1-2-12-32/h3-8,15-17H,1-2,9-14H2,(H2,29,31)(H,30,33). The Kier molecular flexibility index (Phi) is 8.27. The molecule has 0 bridgehead atoms. The van der Waals surface area contributed by atoms with Crippen molar-refractivity contribution in [3.63, 3.8) is 0 Å². The zero-order valence-corrected chi connectivity index (χ0v) is 20.4. The third-order valence-electron chi connectivity index (χ3n) is 5.92. The molecule has 34 heavy (non-hydrogen) atoms. The normalized spacial score (nSPS) is 13.7. The number of anilines is 1. The molecule has 0 radical (unpaired) electrons. The van der Waals surface area contributed by atoms with E-state index in [2.05, 4.69) is 15.2 Å². The monoisotopic (exact) mass is 498 g/mol. The maximum absolute atomic E-state index is 12.6. The lowest BCUT2D eigenvalue weighted by Crippen LogP contribution is -2.33. The Hall–Kier alpha value is -2.80. The Bertz CT molecular complexity index is 1130. The highest BCUT2D eigenvalue weighted by molar-refractivity contribution is 6.36. The van der Waals surface area contributed by atoms with Gasteiger partial charge in [-0.2, -0.15) is 0 Å². The van der Waals surface area contributed by atoms with Crippen LogP contribution in [0.2, 0.25) is 10.0 Å². The van der Waals surface area contributed by atoms with Gasteiger partial charge in [-0.25, -0.2) is 4.98 Å². The third-order valence-corrected chi connectivity index (χ3v) is 6.63. The van der Waals surface area contributed by atoms with E-state index in [1.165, 1.54) is 12.8 Å². The van der Waals surface area contributed by atoms with Crippen molar-refractivity contribution in [3.05, 3.63) is 75.9 Å². The van der Waals surface area contributed by atoms with Gasteiger partial charge in [-0.15, -0.1) is 0 Å². The first-order chi connectivity index (χ1) is 16.5. The molecule has 1 saturated heterocycles. The van der Waals surface area contributed by atoms with Crippen LogP contribution in [0, 0.1) is 0 Å². The second kappa shape index (κ2) is 11.6. The van der Waals surface area contributed by atoms with Crippen LogP contribution in [0.3, 0.4) is 0 Å². The second-order valence-corrected chi connectivity index (χ2v) is 9.11. The van der Waals surface area contributed by atoms with Crippen molar-refractivity contribution in [1.82, 2.24) is 15.2 Å². The number of aromatic nitrogens is 1. The lowest BCUT2D eigenvalue weighted by Gasteiger charge is -2.15. The number of nitrogens with zero attached hydrogens (tertiary/aromatic N) is 2. The van der Waals surface area contributed by atoms with Crippen LogP contribution in [0.5, 0.6) is 5.75 Å². The zero-order valence-electron chi connectivity index (χ0n) is 18.9. The fourth-order valence-corrected chi connectivity index (χ4v) is 4.63. The summed E-state index contributed by atoms with van der Waals surface area (Å²) in [5.74, 6) is 0.684. The van der Waals surface area contributed by atoms with Crippen molar-refractivity contribution in [3.8, 4) is 16.9 Å². The van der Waals surface area contributed by atoms with E-state index >= 15 is 0 Å². The number of carbonyl (C=O) groups excluding carboxylic acids is 1. The van der Waals surface area contributed by atoms with E-state index in [-0.39, 0.29) is 5.91 Å². The summed E-state index contributed by atoms with van der Waals surface area (Å²) in [5, 5.41) is 4.22. The molecule has 1 amide bonds. The van der Waals surface area contributed by atoms with Gasteiger partial charge in [0, 0.05) is 46.9 Å². The summed E-state index contributed by atoms with van der Waals surface area (Å²) in [6.07, 6.45) is 4.70. The number of nitrogens with two attached hydrogens (primary N) is 1. The number of likely N-dealkylation sites (tertiary alicyclic amines) is 1. The van der Waals surface area contributed by atoms with Gasteiger partial charge in [0.1, 0.15) is 0 Å². The van der Waals surface area contributed by atoms with E-state index in [0.29, 0.717) is 46.7 Å². The van der Waals surface area contributed by atoms with Gasteiger partial charge in [0.2, 0.25) is 0 Å². The summed E-state index contributed by atoms with van der Waals surface area (Å²) in [4.78, 5) is 19.3. The quantitative estimate of drug-likeness (QED) is 0.429. The zero-order chi connectivity index (χ0) is 23.9. The Labute approximate surface area is 210 Å². The Morgan fingerprint density at radius 3 is 2.56 bits per heavy atom. The Morgan fingerprint density at radius 1 is 1.06 bits per heavy atom. The van der Waals surface area contributed by atoms with Gasteiger partial charge in [-0.3, -0.25) is 4.79 Å². The van der Waals surface area contributed by atoms with Crippen molar-refractivity contribution < 1.29 is 9.53 Å². The number of ether oxygens (including phenoxy) is 1. The summed E-state index contributed by atoms with van der Waals surface area (Å²) < 4.78 is 5.90. The maximum atomic E-state index is 12.6. The largest absolute Gasteiger partial charge is 0.489 e. The number of rotatable bonds is 9. The summed E-state index contributed by atoms with van der Waals surface area (Å²) in [5.41, 5.74) is 9.14. The topological polar surface area (TPSA) is 80.5 Å². The van der Waals surface area contributed by atoms with Gasteiger partial charge >= 0.3 is 0 Å². The molecule has 0 aliphatic carbocycles. The van der Waals surface area contributed by atoms with Crippen LogP contribution in [0.1, 0.15) is 28.8 Å². The average molecular weight is 499 g/mol. The van der Waals surface area contributed by atoms with Crippen molar-refractivity contribution in [2.45, 2.75) is 19.3 Å². The van der Waals surface area contributed by atoms with Crippen molar-refractivity contribution in [1.29, 1.82) is 0 Å². The maximum Gasteiger partial charge on any atom is 0.251 e. The highest BCUT2D eigenvalue weighted by atomic mass is 35.5. The molecule has 2 heterocycles. The first-order valence-electron chi connectivity index (χ1n) is 11.4. The molecule has 6 nitrogen and oxygen atoms in total. The van der Waals surface area contributed by atoms with Crippen molar-refractivity contribution in [2.24, 2.45) is 0 Å². The number of pyridine rings is 1. The molecule has 1 aliphatic rings. The molecule has 0 spiro atoms. The summed E-state index contributed by atoms with van der Waals surface area (Å²) >= 11 is 12.5. The molecule has 3 N–H and O–H groups in total. The molecular formula is C26H28Cl2N4O2. The predicted molar refractivity (Wildman–Crippen MR) is 138 cm³/mol. The highest BCUT2D eigenvalue weighted by Gasteiger charge is 2.13. The van der Waals surface area contributed by atoms with Gasteiger partial charge < -0.3 is 20.7 Å². The van der Waals surface area contributed by atoms with Gasteiger partial charge in [0.15, 0.2) is 11.6 Å². The molecule has 3 aromatic rings. The van der Waals surface area contributed by atoms with Gasteiger partial charge in [0.05, 0.1) is 6.61 Å². The number of halogens is 2. The molecule has 8 heteroatoms. The predicted octanol–water partition coefficient (Wildman–Crippen LogP) is 5.08. The summed E-state index contributed by atoms with van der Waals surface area (Å²) in [6.45, 7) is 4.10. The minimum absolute atomic E-state index is 0.0856. The van der Waals surface area contributed by atoms with Crippen LogP contribution in [-0.2, 0) is 6.42 Å². The van der Waals surface area contributed by atoms with E-state index in [1.54, 1.807) is 18.3 Å². The minimum atomic E-state index is -0.0856. The molecule has 0 saturated carbocycles. The van der Waals surface area contributed by atoms with Crippen LogP contribution in [0.25, 0.3) is 11.1 Å². The fraction of sp³-hybridized carbons (Fsp3) is 0.308. The van der Waals surface area contributed by atoms with Crippen LogP contribution in [0.15, 0.2) is 54.7 Å². The van der Waals surface area contributed by atoms with E-state index < -0.39 is 0 Å². The Balaban J connectivity index is 1.40. The third kappa shape index (κ3) is 6.20. The first kappa shape index (κ1) is 24.3. The SMILES string of the molecule is Nc1ncc(-c2cccc(C(=O)NCCN3CCCC3)c2)cc1OCCc1c(Cl)cccc1Cl. The molecule has 4 rings (SSSR count). The number of carbonyl (C=O) groups is 1. The minimum Gasteiger partial charge on any atom is -0.489 e. The Morgan fingerprint density at radius 2 is 1.79 bits per heavy atom. The number of amides is 1. The van der Waals surface area contributed by atoms with Crippen molar-refractivity contribution >= 4 is 34.9 Å².